The molecule has 1 amide bonds. The lowest BCUT2D eigenvalue weighted by atomic mass is 10.2. The van der Waals surface area contributed by atoms with E-state index in [2.05, 4.69) is 21.2 Å². The number of rotatable bonds is 10. The lowest BCUT2D eigenvalue weighted by Crippen LogP contribution is -2.26. The van der Waals surface area contributed by atoms with Crippen molar-refractivity contribution < 1.29 is 23.1 Å². The molecule has 6 nitrogen and oxygen atoms in total. The minimum atomic E-state index is -3.36. The van der Waals surface area contributed by atoms with Crippen LogP contribution in [-0.2, 0) is 20.2 Å². The zero-order valence-electron chi connectivity index (χ0n) is 15.3. The van der Waals surface area contributed by atoms with E-state index in [0.29, 0.717) is 17.9 Å². The standard InChI is InChI=1S/C19H23BrNO5P/c1-3-25-27(23,26-4-2)14-21-19(22)17-11-10-16(20)12-18(17)24-13-15-8-6-5-7-9-15/h5-12H,3-4,13-14H2,1-2H3,(H,21,22). The number of ether oxygens (including phenoxy) is 1. The lowest BCUT2D eigenvalue weighted by molar-refractivity contribution is 0.0949. The Labute approximate surface area is 167 Å². The van der Waals surface area contributed by atoms with Crippen LogP contribution in [0.3, 0.4) is 0 Å². The molecule has 0 bridgehead atoms. The Hall–Kier alpha value is -1.66. The van der Waals surface area contributed by atoms with Crippen molar-refractivity contribution in [3.8, 4) is 5.75 Å². The van der Waals surface area contributed by atoms with Gasteiger partial charge in [0.2, 0.25) is 0 Å². The Morgan fingerprint density at radius 2 is 1.74 bits per heavy atom. The lowest BCUT2D eigenvalue weighted by Gasteiger charge is -2.18. The van der Waals surface area contributed by atoms with Crippen molar-refractivity contribution in [1.82, 2.24) is 5.32 Å². The van der Waals surface area contributed by atoms with Crippen molar-refractivity contribution in [2.75, 3.05) is 19.5 Å². The fourth-order valence-corrected chi connectivity index (χ4v) is 4.05. The van der Waals surface area contributed by atoms with Gasteiger partial charge in [-0.1, -0.05) is 46.3 Å². The van der Waals surface area contributed by atoms with Crippen molar-refractivity contribution in [3.05, 3.63) is 64.1 Å². The number of nitrogens with one attached hydrogen (secondary N) is 1. The van der Waals surface area contributed by atoms with E-state index in [0.717, 1.165) is 10.0 Å². The van der Waals surface area contributed by atoms with E-state index in [-0.39, 0.29) is 19.5 Å². The fourth-order valence-electron chi connectivity index (χ4n) is 2.32. The van der Waals surface area contributed by atoms with Crippen LogP contribution < -0.4 is 10.1 Å². The highest BCUT2D eigenvalue weighted by atomic mass is 79.9. The monoisotopic (exact) mass is 455 g/mol. The van der Waals surface area contributed by atoms with Crippen molar-refractivity contribution >= 4 is 29.4 Å². The molecular formula is C19H23BrNO5P. The summed E-state index contributed by atoms with van der Waals surface area (Å²) in [5, 5.41) is 2.62. The van der Waals surface area contributed by atoms with Gasteiger partial charge in [-0.15, -0.1) is 0 Å². The van der Waals surface area contributed by atoms with Crippen LogP contribution in [0.5, 0.6) is 5.75 Å². The van der Waals surface area contributed by atoms with Crippen LogP contribution in [0, 0.1) is 0 Å². The summed E-state index contributed by atoms with van der Waals surface area (Å²) in [5.41, 5.74) is 1.33. The Morgan fingerprint density at radius 3 is 2.37 bits per heavy atom. The zero-order chi connectivity index (χ0) is 19.7. The first-order valence-electron chi connectivity index (χ1n) is 8.60. The molecule has 0 fully saturated rings. The molecule has 1 N–H and O–H groups in total. The minimum Gasteiger partial charge on any atom is -0.488 e. The van der Waals surface area contributed by atoms with Crippen LogP contribution in [0.25, 0.3) is 0 Å². The van der Waals surface area contributed by atoms with Gasteiger partial charge in [-0.25, -0.2) is 0 Å². The van der Waals surface area contributed by atoms with Gasteiger partial charge in [0.05, 0.1) is 18.8 Å². The summed E-state index contributed by atoms with van der Waals surface area (Å²) >= 11 is 3.39. The normalized spacial score (nSPS) is 11.2. The van der Waals surface area contributed by atoms with Gasteiger partial charge in [-0.05, 0) is 37.6 Å². The van der Waals surface area contributed by atoms with Gasteiger partial charge in [0.25, 0.3) is 5.91 Å². The number of amides is 1. The largest absolute Gasteiger partial charge is 0.488 e. The summed E-state index contributed by atoms with van der Waals surface area (Å²) in [6, 6.07) is 14.8. The Kier molecular flexibility index (Phi) is 8.51. The van der Waals surface area contributed by atoms with Crippen molar-refractivity contribution in [1.29, 1.82) is 0 Å². The van der Waals surface area contributed by atoms with Crippen LogP contribution in [0.15, 0.2) is 53.0 Å². The summed E-state index contributed by atoms with van der Waals surface area (Å²) in [7, 11) is -3.36. The molecule has 146 valence electrons. The van der Waals surface area contributed by atoms with Gasteiger partial charge in [0, 0.05) is 4.47 Å². The number of benzene rings is 2. The Bertz CT molecular complexity index is 790. The number of hydrogen-bond acceptors (Lipinski definition) is 5. The molecule has 0 unspecified atom stereocenters. The van der Waals surface area contributed by atoms with E-state index in [1.54, 1.807) is 32.0 Å². The summed E-state index contributed by atoms with van der Waals surface area (Å²) < 4.78 is 29.5. The molecule has 0 aliphatic carbocycles. The predicted octanol–water partition coefficient (Wildman–Crippen LogP) is 4.98. The second kappa shape index (κ2) is 10.6. The maximum atomic E-state index is 12.6. The van der Waals surface area contributed by atoms with Crippen molar-refractivity contribution in [2.45, 2.75) is 20.5 Å². The molecule has 2 aromatic carbocycles. The molecule has 0 spiro atoms. The van der Waals surface area contributed by atoms with Crippen molar-refractivity contribution in [3.63, 3.8) is 0 Å². The van der Waals surface area contributed by atoms with Crippen molar-refractivity contribution in [2.24, 2.45) is 0 Å². The average molecular weight is 456 g/mol. The van der Waals surface area contributed by atoms with Gasteiger partial charge >= 0.3 is 7.60 Å². The summed E-state index contributed by atoms with van der Waals surface area (Å²) in [6.45, 7) is 4.23. The molecule has 2 aromatic rings. The summed E-state index contributed by atoms with van der Waals surface area (Å²) in [5.74, 6) is 0.0126. The quantitative estimate of drug-likeness (QED) is 0.511. The third kappa shape index (κ3) is 6.78. The maximum absolute atomic E-state index is 12.6. The van der Waals surface area contributed by atoms with Crippen LogP contribution >= 0.6 is 23.5 Å². The molecule has 0 radical (unpaired) electrons. The van der Waals surface area contributed by atoms with E-state index in [4.69, 9.17) is 13.8 Å². The second-order valence-electron chi connectivity index (χ2n) is 5.53. The number of carbonyl (C=O) groups is 1. The highest BCUT2D eigenvalue weighted by Crippen LogP contribution is 2.46. The third-order valence-electron chi connectivity index (χ3n) is 3.51. The highest BCUT2D eigenvalue weighted by Gasteiger charge is 2.25. The van der Waals surface area contributed by atoms with Gasteiger partial charge < -0.3 is 19.1 Å². The van der Waals surface area contributed by atoms with Gasteiger partial charge in [-0.3, -0.25) is 9.36 Å². The highest BCUT2D eigenvalue weighted by molar-refractivity contribution is 9.10. The van der Waals surface area contributed by atoms with Crippen LogP contribution in [0.1, 0.15) is 29.8 Å². The fraction of sp³-hybridized carbons (Fsp3) is 0.316. The second-order valence-corrected chi connectivity index (χ2v) is 8.50. The van der Waals surface area contributed by atoms with E-state index in [1.165, 1.54) is 0 Å². The molecule has 0 heterocycles. The van der Waals surface area contributed by atoms with E-state index in [9.17, 15) is 9.36 Å². The van der Waals surface area contributed by atoms with Crippen LogP contribution in [0.4, 0.5) is 0 Å². The summed E-state index contributed by atoms with van der Waals surface area (Å²) in [6.07, 6.45) is -0.207. The first kappa shape index (κ1) is 21.6. The van der Waals surface area contributed by atoms with Crippen LogP contribution in [0.2, 0.25) is 0 Å². The molecule has 27 heavy (non-hydrogen) atoms. The first-order valence-corrected chi connectivity index (χ1v) is 11.1. The van der Waals surface area contributed by atoms with E-state index in [1.807, 2.05) is 30.3 Å². The van der Waals surface area contributed by atoms with Crippen LogP contribution in [-0.4, -0.2) is 25.4 Å². The Balaban J connectivity index is 2.10. The molecule has 0 aliphatic rings. The molecule has 0 aliphatic heterocycles. The molecule has 0 saturated heterocycles. The number of carbonyl (C=O) groups excluding carboxylic acids is 1. The average Bonchev–Trinajstić information content (AvgIpc) is 2.66. The topological polar surface area (TPSA) is 73.9 Å². The van der Waals surface area contributed by atoms with Gasteiger partial charge in [-0.2, -0.15) is 0 Å². The predicted molar refractivity (Wildman–Crippen MR) is 108 cm³/mol. The molecular weight excluding hydrogens is 433 g/mol. The smallest absolute Gasteiger partial charge is 0.349 e. The van der Waals surface area contributed by atoms with E-state index >= 15 is 0 Å². The van der Waals surface area contributed by atoms with Gasteiger partial charge in [0.15, 0.2) is 0 Å². The number of hydrogen-bond donors (Lipinski definition) is 1. The molecule has 0 atom stereocenters. The zero-order valence-corrected chi connectivity index (χ0v) is 17.8. The number of halogens is 1. The molecule has 2 rings (SSSR count). The first-order chi connectivity index (χ1) is 13.0. The summed E-state index contributed by atoms with van der Waals surface area (Å²) in [4.78, 5) is 12.6. The molecule has 0 aromatic heterocycles. The third-order valence-corrected chi connectivity index (χ3v) is 5.85. The SMILES string of the molecule is CCOP(=O)(CNC(=O)c1ccc(Br)cc1OCc1ccccc1)OCC. The van der Waals surface area contributed by atoms with Gasteiger partial charge in [0.1, 0.15) is 18.6 Å². The molecule has 8 heteroatoms. The minimum absolute atomic E-state index is 0.207. The maximum Gasteiger partial charge on any atom is 0.349 e. The van der Waals surface area contributed by atoms with E-state index < -0.39 is 13.5 Å². The molecule has 0 saturated carbocycles. The Morgan fingerprint density at radius 1 is 1.07 bits per heavy atom.